The molecule has 0 saturated carbocycles. The molecule has 0 amide bonds. The van der Waals surface area contributed by atoms with E-state index in [4.69, 9.17) is 5.11 Å². The van der Waals surface area contributed by atoms with Crippen molar-refractivity contribution in [3.8, 4) is 0 Å². The van der Waals surface area contributed by atoms with Crippen molar-refractivity contribution in [1.29, 1.82) is 0 Å². The van der Waals surface area contributed by atoms with Crippen LogP contribution in [0.4, 0.5) is 0 Å². The normalized spacial score (nSPS) is 15.5. The first-order chi connectivity index (χ1) is 2.64. The number of thiol groups is 1. The summed E-state index contributed by atoms with van der Waals surface area (Å²) in [7, 11) is 0. The second-order valence-corrected chi connectivity index (χ2v) is 2.19. The summed E-state index contributed by atoms with van der Waals surface area (Å²) in [6.45, 7) is 3.83. The van der Waals surface area contributed by atoms with Crippen LogP contribution < -0.4 is 0 Å². The molecular formula is C4H10OS. The van der Waals surface area contributed by atoms with Gasteiger partial charge in [0.1, 0.15) is 0 Å². The zero-order valence-corrected chi connectivity index (χ0v) is 4.94. The molecule has 1 atom stereocenters. The van der Waals surface area contributed by atoms with Gasteiger partial charge < -0.3 is 5.11 Å². The van der Waals surface area contributed by atoms with Crippen molar-refractivity contribution in [2.75, 3.05) is 0 Å². The summed E-state index contributed by atoms with van der Waals surface area (Å²) >= 11 is 3.75. The van der Waals surface area contributed by atoms with Gasteiger partial charge in [-0.25, -0.2) is 0 Å². The molecule has 0 bridgehead atoms. The molecule has 0 fully saturated rings. The lowest BCUT2D eigenvalue weighted by atomic mass is 10.2. The maximum Gasteiger partial charge on any atom is 0.0987 e. The van der Waals surface area contributed by atoms with E-state index in [0.29, 0.717) is 0 Å². The van der Waals surface area contributed by atoms with Crippen LogP contribution in [0.25, 0.3) is 0 Å². The van der Waals surface area contributed by atoms with Crippen LogP contribution in [0.5, 0.6) is 0 Å². The van der Waals surface area contributed by atoms with Crippen molar-refractivity contribution < 1.29 is 5.11 Å². The summed E-state index contributed by atoms with van der Waals surface area (Å²) in [6.07, 6.45) is 0. The second-order valence-electron chi connectivity index (χ2n) is 1.66. The summed E-state index contributed by atoms with van der Waals surface area (Å²) in [5.74, 6) is 0.272. The van der Waals surface area contributed by atoms with Gasteiger partial charge in [0.15, 0.2) is 0 Å². The first kappa shape index (κ1) is 6.31. The van der Waals surface area contributed by atoms with Crippen LogP contribution in [0, 0.1) is 5.92 Å². The van der Waals surface area contributed by atoms with Crippen LogP contribution in [0.15, 0.2) is 0 Å². The molecule has 0 aromatic heterocycles. The maximum absolute atomic E-state index is 8.49. The highest BCUT2D eigenvalue weighted by Crippen LogP contribution is 2.02. The molecular weight excluding hydrogens is 96.1 g/mol. The molecule has 0 aromatic carbocycles. The SMILES string of the molecule is CC(C)C(O)S. The molecule has 0 aromatic rings. The fraction of sp³-hybridized carbons (Fsp3) is 1.00. The summed E-state index contributed by atoms with van der Waals surface area (Å²) in [4.78, 5) is 0. The summed E-state index contributed by atoms with van der Waals surface area (Å²) in [6, 6.07) is 0. The predicted octanol–water partition coefficient (Wildman–Crippen LogP) is 0.891. The van der Waals surface area contributed by atoms with Crippen molar-refractivity contribution in [3.63, 3.8) is 0 Å². The fourth-order valence-electron chi connectivity index (χ4n) is 0. The third-order valence-corrected chi connectivity index (χ3v) is 1.19. The van der Waals surface area contributed by atoms with Crippen LogP contribution in [-0.4, -0.2) is 10.5 Å². The van der Waals surface area contributed by atoms with Gasteiger partial charge in [0, 0.05) is 0 Å². The lowest BCUT2D eigenvalue weighted by Crippen LogP contribution is -2.04. The highest BCUT2D eigenvalue weighted by molar-refractivity contribution is 7.80. The molecule has 0 aliphatic carbocycles. The van der Waals surface area contributed by atoms with E-state index in [1.165, 1.54) is 0 Å². The van der Waals surface area contributed by atoms with Crippen LogP contribution in [0.2, 0.25) is 0 Å². The molecule has 1 nitrogen and oxygen atoms in total. The number of rotatable bonds is 1. The van der Waals surface area contributed by atoms with Crippen molar-refractivity contribution in [3.05, 3.63) is 0 Å². The molecule has 1 N–H and O–H groups in total. The van der Waals surface area contributed by atoms with Gasteiger partial charge in [-0.05, 0) is 5.92 Å². The number of hydrogen-bond donors (Lipinski definition) is 2. The summed E-state index contributed by atoms with van der Waals surface area (Å²) in [5.41, 5.74) is -0.454. The molecule has 0 spiro atoms. The van der Waals surface area contributed by atoms with Gasteiger partial charge in [-0.1, -0.05) is 13.8 Å². The lowest BCUT2D eigenvalue weighted by molar-refractivity contribution is 0.214. The Balaban J connectivity index is 2.99. The third kappa shape index (κ3) is 2.54. The van der Waals surface area contributed by atoms with Gasteiger partial charge >= 0.3 is 0 Å². The minimum absolute atomic E-state index is 0.272. The van der Waals surface area contributed by atoms with Crippen LogP contribution in [0.1, 0.15) is 13.8 Å². The van der Waals surface area contributed by atoms with E-state index in [1.54, 1.807) is 0 Å². The van der Waals surface area contributed by atoms with E-state index in [1.807, 2.05) is 13.8 Å². The topological polar surface area (TPSA) is 20.2 Å². The molecule has 1 unspecified atom stereocenters. The van der Waals surface area contributed by atoms with Gasteiger partial charge in [-0.2, -0.15) is 0 Å². The van der Waals surface area contributed by atoms with E-state index in [2.05, 4.69) is 12.6 Å². The Bertz CT molecular complexity index is 28.5. The summed E-state index contributed by atoms with van der Waals surface area (Å²) < 4.78 is 0. The van der Waals surface area contributed by atoms with E-state index < -0.39 is 5.44 Å². The average Bonchev–Trinajstić information content (AvgIpc) is 1.36. The minimum atomic E-state index is -0.454. The predicted molar refractivity (Wildman–Crippen MR) is 29.8 cm³/mol. The highest BCUT2D eigenvalue weighted by Gasteiger charge is 1.98. The maximum atomic E-state index is 8.49. The van der Waals surface area contributed by atoms with Gasteiger partial charge in [0.25, 0.3) is 0 Å². The zero-order valence-electron chi connectivity index (χ0n) is 4.05. The lowest BCUT2D eigenvalue weighted by Gasteiger charge is -2.03. The Morgan fingerprint density at radius 3 is 1.67 bits per heavy atom. The molecule has 0 saturated heterocycles. The van der Waals surface area contributed by atoms with Gasteiger partial charge in [0.05, 0.1) is 5.44 Å². The van der Waals surface area contributed by atoms with Crippen LogP contribution in [0.3, 0.4) is 0 Å². The molecule has 2 heteroatoms. The third-order valence-electron chi connectivity index (χ3n) is 0.596. The van der Waals surface area contributed by atoms with E-state index >= 15 is 0 Å². The van der Waals surface area contributed by atoms with Crippen LogP contribution >= 0.6 is 12.6 Å². The molecule has 0 aliphatic heterocycles. The zero-order chi connectivity index (χ0) is 5.15. The largest absolute Gasteiger partial charge is 0.382 e. The standard InChI is InChI=1S/C4H10OS/c1-3(2)4(5)6/h3-6H,1-2H3. The smallest absolute Gasteiger partial charge is 0.0987 e. The Morgan fingerprint density at radius 2 is 1.67 bits per heavy atom. The highest BCUT2D eigenvalue weighted by atomic mass is 32.1. The van der Waals surface area contributed by atoms with E-state index in [9.17, 15) is 0 Å². The van der Waals surface area contributed by atoms with Gasteiger partial charge in [-0.15, -0.1) is 12.6 Å². The molecule has 0 rings (SSSR count). The molecule has 0 aliphatic rings. The quantitative estimate of drug-likeness (QED) is 0.376. The molecule has 0 heterocycles. The number of hydrogen-bond acceptors (Lipinski definition) is 2. The molecule has 38 valence electrons. The van der Waals surface area contributed by atoms with E-state index in [-0.39, 0.29) is 5.92 Å². The van der Waals surface area contributed by atoms with Crippen molar-refractivity contribution in [1.82, 2.24) is 0 Å². The minimum Gasteiger partial charge on any atom is -0.382 e. The van der Waals surface area contributed by atoms with Crippen molar-refractivity contribution in [2.45, 2.75) is 19.3 Å². The summed E-state index contributed by atoms with van der Waals surface area (Å²) in [5, 5.41) is 8.49. The average molecular weight is 106 g/mol. The molecule has 6 heavy (non-hydrogen) atoms. The van der Waals surface area contributed by atoms with Crippen molar-refractivity contribution in [2.24, 2.45) is 5.92 Å². The Morgan fingerprint density at radius 1 is 1.50 bits per heavy atom. The monoisotopic (exact) mass is 106 g/mol. The second kappa shape index (κ2) is 2.48. The Kier molecular flexibility index (Phi) is 2.61. The first-order valence-electron chi connectivity index (χ1n) is 2.00. The number of aliphatic hydroxyl groups is 1. The van der Waals surface area contributed by atoms with E-state index in [0.717, 1.165) is 0 Å². The van der Waals surface area contributed by atoms with Crippen molar-refractivity contribution >= 4 is 12.6 Å². The van der Waals surface area contributed by atoms with Gasteiger partial charge in [-0.3, -0.25) is 0 Å². The fourth-order valence-corrected chi connectivity index (χ4v) is 0. The first-order valence-corrected chi connectivity index (χ1v) is 2.52. The Labute approximate surface area is 43.8 Å². The van der Waals surface area contributed by atoms with Gasteiger partial charge in [0.2, 0.25) is 0 Å². The number of aliphatic hydroxyl groups excluding tert-OH is 1. The van der Waals surface area contributed by atoms with Crippen LogP contribution in [-0.2, 0) is 0 Å². The Hall–Kier alpha value is 0.310. The molecule has 0 radical (unpaired) electrons.